The molecule has 4 heteroatoms. The van der Waals surface area contributed by atoms with E-state index in [0.717, 1.165) is 31.6 Å². The van der Waals surface area contributed by atoms with Crippen LogP contribution >= 0.6 is 11.3 Å². The summed E-state index contributed by atoms with van der Waals surface area (Å²) >= 11 is 1.73. The predicted molar refractivity (Wildman–Crippen MR) is 75.3 cm³/mol. The van der Waals surface area contributed by atoms with E-state index in [-0.39, 0.29) is 6.10 Å². The van der Waals surface area contributed by atoms with Gasteiger partial charge in [0.05, 0.1) is 12.6 Å². The molecule has 2 heterocycles. The fourth-order valence-corrected chi connectivity index (χ4v) is 3.05. The van der Waals surface area contributed by atoms with Crippen LogP contribution in [0.3, 0.4) is 0 Å². The Kier molecular flexibility index (Phi) is 4.79. The highest BCUT2D eigenvalue weighted by Crippen LogP contribution is 2.22. The van der Waals surface area contributed by atoms with Gasteiger partial charge in [0, 0.05) is 23.5 Å². The zero-order chi connectivity index (χ0) is 13.0. The summed E-state index contributed by atoms with van der Waals surface area (Å²) in [6, 6.07) is 2.05. The summed E-state index contributed by atoms with van der Waals surface area (Å²) in [7, 11) is 0. The van der Waals surface area contributed by atoms with Crippen molar-refractivity contribution in [3.63, 3.8) is 0 Å². The molecule has 1 saturated heterocycles. The number of rotatable bonds is 2. The van der Waals surface area contributed by atoms with Gasteiger partial charge < -0.3 is 10.8 Å². The summed E-state index contributed by atoms with van der Waals surface area (Å²) in [5.74, 6) is 6.43. The molecule has 1 aliphatic heterocycles. The minimum Gasteiger partial charge on any atom is -0.392 e. The van der Waals surface area contributed by atoms with Crippen molar-refractivity contribution >= 4 is 11.3 Å². The maximum atomic E-state index is 9.90. The molecular formula is C14H20N2OS. The van der Waals surface area contributed by atoms with E-state index in [9.17, 15) is 5.11 Å². The summed E-state index contributed by atoms with van der Waals surface area (Å²) in [5.41, 5.74) is 6.48. The number of aliphatic hydroxyl groups excluding tert-OH is 1. The van der Waals surface area contributed by atoms with Crippen LogP contribution in [0.4, 0.5) is 0 Å². The first-order chi connectivity index (χ1) is 8.70. The SMILES string of the molecule is CC1CCN(Cc2sccc2C#CCN)CC1O. The molecule has 1 fully saturated rings. The van der Waals surface area contributed by atoms with Crippen LogP contribution in [-0.2, 0) is 6.54 Å². The van der Waals surface area contributed by atoms with Crippen molar-refractivity contribution < 1.29 is 5.11 Å². The summed E-state index contributed by atoms with van der Waals surface area (Å²) in [4.78, 5) is 3.59. The van der Waals surface area contributed by atoms with Crippen molar-refractivity contribution in [2.45, 2.75) is 26.0 Å². The van der Waals surface area contributed by atoms with E-state index >= 15 is 0 Å². The Hall–Kier alpha value is -0.860. The van der Waals surface area contributed by atoms with E-state index in [4.69, 9.17) is 5.73 Å². The number of aliphatic hydroxyl groups is 1. The lowest BCUT2D eigenvalue weighted by Crippen LogP contribution is -2.42. The first-order valence-electron chi connectivity index (χ1n) is 6.36. The number of β-amino-alcohol motifs (C(OH)–C–C–N with tert-alkyl or cyclic N) is 1. The highest BCUT2D eigenvalue weighted by Gasteiger charge is 2.24. The van der Waals surface area contributed by atoms with Gasteiger partial charge in [0.1, 0.15) is 0 Å². The number of piperidine rings is 1. The van der Waals surface area contributed by atoms with E-state index in [1.165, 1.54) is 4.88 Å². The normalized spacial score (nSPS) is 24.6. The molecule has 0 aromatic carbocycles. The van der Waals surface area contributed by atoms with Gasteiger partial charge in [-0.1, -0.05) is 18.8 Å². The largest absolute Gasteiger partial charge is 0.392 e. The maximum Gasteiger partial charge on any atom is 0.0693 e. The average Bonchev–Trinajstić information content (AvgIpc) is 2.79. The molecule has 2 rings (SSSR count). The molecule has 18 heavy (non-hydrogen) atoms. The van der Waals surface area contributed by atoms with Gasteiger partial charge in [0.15, 0.2) is 0 Å². The van der Waals surface area contributed by atoms with Crippen molar-refractivity contribution in [3.05, 3.63) is 21.9 Å². The van der Waals surface area contributed by atoms with Crippen LogP contribution in [0.1, 0.15) is 23.8 Å². The van der Waals surface area contributed by atoms with Gasteiger partial charge in [-0.15, -0.1) is 11.3 Å². The molecule has 0 aliphatic carbocycles. The van der Waals surface area contributed by atoms with Crippen LogP contribution in [-0.4, -0.2) is 35.7 Å². The second kappa shape index (κ2) is 6.35. The summed E-state index contributed by atoms with van der Waals surface area (Å²) in [6.07, 6.45) is 0.869. The third kappa shape index (κ3) is 3.33. The molecule has 1 aliphatic rings. The monoisotopic (exact) mass is 264 g/mol. The van der Waals surface area contributed by atoms with E-state index in [0.29, 0.717) is 12.5 Å². The molecule has 1 aromatic heterocycles. The Morgan fingerprint density at radius 2 is 2.44 bits per heavy atom. The molecule has 0 saturated carbocycles. The second-order valence-electron chi connectivity index (χ2n) is 4.83. The van der Waals surface area contributed by atoms with Gasteiger partial charge in [-0.3, -0.25) is 4.90 Å². The molecule has 3 nitrogen and oxygen atoms in total. The molecule has 0 amide bonds. The first-order valence-corrected chi connectivity index (χ1v) is 7.24. The molecule has 1 aromatic rings. The summed E-state index contributed by atoms with van der Waals surface area (Å²) < 4.78 is 0. The minimum absolute atomic E-state index is 0.197. The molecule has 0 radical (unpaired) electrons. The van der Waals surface area contributed by atoms with Gasteiger partial charge in [0.2, 0.25) is 0 Å². The Labute approximate surface area is 113 Å². The van der Waals surface area contributed by atoms with E-state index in [2.05, 4.69) is 29.0 Å². The van der Waals surface area contributed by atoms with Crippen molar-refractivity contribution in [2.24, 2.45) is 11.7 Å². The maximum absolute atomic E-state index is 9.90. The van der Waals surface area contributed by atoms with E-state index < -0.39 is 0 Å². The van der Waals surface area contributed by atoms with Gasteiger partial charge in [-0.05, 0) is 30.3 Å². The number of likely N-dealkylation sites (tertiary alicyclic amines) is 1. The number of hydrogen-bond donors (Lipinski definition) is 2. The first kappa shape index (κ1) is 13.6. The third-order valence-corrected chi connectivity index (χ3v) is 4.35. The van der Waals surface area contributed by atoms with Crippen LogP contribution in [0.25, 0.3) is 0 Å². The van der Waals surface area contributed by atoms with Gasteiger partial charge in [-0.2, -0.15) is 0 Å². The number of hydrogen-bond acceptors (Lipinski definition) is 4. The molecule has 2 unspecified atom stereocenters. The highest BCUT2D eigenvalue weighted by atomic mass is 32.1. The summed E-state index contributed by atoms with van der Waals surface area (Å²) in [6.45, 7) is 5.22. The molecule has 0 bridgehead atoms. The zero-order valence-corrected chi connectivity index (χ0v) is 11.5. The van der Waals surface area contributed by atoms with Crippen LogP contribution < -0.4 is 5.73 Å². The number of nitrogens with two attached hydrogens (primary N) is 1. The summed E-state index contributed by atoms with van der Waals surface area (Å²) in [5, 5.41) is 12.0. The van der Waals surface area contributed by atoms with E-state index in [1.807, 2.05) is 6.07 Å². The van der Waals surface area contributed by atoms with Crippen LogP contribution in [0.15, 0.2) is 11.4 Å². The lowest BCUT2D eigenvalue weighted by atomic mass is 9.96. The topological polar surface area (TPSA) is 49.5 Å². The Bertz CT molecular complexity index is 446. The van der Waals surface area contributed by atoms with Crippen LogP contribution in [0.2, 0.25) is 0 Å². The average molecular weight is 264 g/mol. The smallest absolute Gasteiger partial charge is 0.0693 e. The van der Waals surface area contributed by atoms with Gasteiger partial charge in [-0.25, -0.2) is 0 Å². The van der Waals surface area contributed by atoms with Crippen molar-refractivity contribution in [2.75, 3.05) is 19.6 Å². The molecule has 0 spiro atoms. The Balaban J connectivity index is 1.99. The fourth-order valence-electron chi connectivity index (χ4n) is 2.18. The van der Waals surface area contributed by atoms with E-state index in [1.54, 1.807) is 11.3 Å². The lowest BCUT2D eigenvalue weighted by Gasteiger charge is -2.34. The van der Waals surface area contributed by atoms with Crippen LogP contribution in [0, 0.1) is 17.8 Å². The second-order valence-corrected chi connectivity index (χ2v) is 5.83. The molecule has 98 valence electrons. The molecule has 2 atom stereocenters. The molecule has 3 N–H and O–H groups in total. The van der Waals surface area contributed by atoms with Crippen molar-refractivity contribution in [3.8, 4) is 11.8 Å². The quantitative estimate of drug-likeness (QED) is 0.791. The van der Waals surface area contributed by atoms with Crippen molar-refractivity contribution in [1.29, 1.82) is 0 Å². The van der Waals surface area contributed by atoms with Gasteiger partial charge in [0.25, 0.3) is 0 Å². The van der Waals surface area contributed by atoms with Crippen LogP contribution in [0.5, 0.6) is 0 Å². The van der Waals surface area contributed by atoms with Crippen molar-refractivity contribution in [1.82, 2.24) is 4.90 Å². The Morgan fingerprint density at radius 3 is 3.17 bits per heavy atom. The third-order valence-electron chi connectivity index (χ3n) is 3.44. The standard InChI is InChI=1S/C14H20N2OS/c1-11-4-7-16(9-13(11)17)10-14-12(3-2-6-15)5-8-18-14/h5,8,11,13,17H,4,6-7,9-10,15H2,1H3. The zero-order valence-electron chi connectivity index (χ0n) is 10.7. The number of thiophene rings is 1. The lowest BCUT2D eigenvalue weighted by molar-refractivity contribution is 0.0263. The molecular weight excluding hydrogens is 244 g/mol. The fraction of sp³-hybridized carbons (Fsp3) is 0.571. The van der Waals surface area contributed by atoms with Gasteiger partial charge >= 0.3 is 0 Å². The Morgan fingerprint density at radius 1 is 1.61 bits per heavy atom. The minimum atomic E-state index is -0.197. The highest BCUT2D eigenvalue weighted by molar-refractivity contribution is 7.10. The number of nitrogens with zero attached hydrogens (tertiary/aromatic N) is 1. The predicted octanol–water partition coefficient (Wildman–Crippen LogP) is 1.26.